The molecule has 7 nitrogen and oxygen atoms in total. The molecule has 0 saturated carbocycles. The molecule has 0 bridgehead atoms. The quantitative estimate of drug-likeness (QED) is 0.402. The maximum absolute atomic E-state index is 11.6. The van der Waals surface area contributed by atoms with Crippen LogP contribution in [0.5, 0.6) is 0 Å². The molecule has 6 rings (SSSR count). The topological polar surface area (TPSA) is 87.4 Å². The van der Waals surface area contributed by atoms with Crippen LogP contribution in [0.1, 0.15) is 49.8 Å². The molecule has 2 N–H and O–H groups in total. The van der Waals surface area contributed by atoms with Gasteiger partial charge in [-0.3, -0.25) is 14.2 Å². The van der Waals surface area contributed by atoms with E-state index in [1.165, 1.54) is 44.0 Å². The van der Waals surface area contributed by atoms with E-state index in [4.69, 9.17) is 0 Å². The Bertz CT molecular complexity index is 1340. The van der Waals surface area contributed by atoms with Gasteiger partial charge >= 0.3 is 0 Å². The van der Waals surface area contributed by atoms with E-state index in [2.05, 4.69) is 43.6 Å². The number of fused-ring (bicyclic) bond motifs is 3. The van der Waals surface area contributed by atoms with E-state index in [-0.39, 0.29) is 5.56 Å². The summed E-state index contributed by atoms with van der Waals surface area (Å²) in [7, 11) is 0.500. The van der Waals surface area contributed by atoms with Gasteiger partial charge in [0.05, 0.1) is 19.9 Å². The number of allylic oxidation sites excluding steroid dienone is 1. The van der Waals surface area contributed by atoms with Crippen LogP contribution in [0, 0.1) is 0 Å². The van der Waals surface area contributed by atoms with E-state index >= 15 is 0 Å². The number of nitrogens with zero attached hydrogens (tertiary/aromatic N) is 4. The monoisotopic (exact) mass is 476 g/mol. The summed E-state index contributed by atoms with van der Waals surface area (Å²) in [6.07, 6.45) is 11.8. The third-order valence-corrected chi connectivity index (χ3v) is 5.55. The van der Waals surface area contributed by atoms with Gasteiger partial charge in [0.15, 0.2) is 5.65 Å². The Kier molecular flexibility index (Phi) is 9.86. The lowest BCUT2D eigenvalue weighted by Crippen LogP contribution is -2.21. The molecule has 2 aliphatic rings. The van der Waals surface area contributed by atoms with Gasteiger partial charge in [0, 0.05) is 35.0 Å². The number of rotatable bonds is 1. The van der Waals surface area contributed by atoms with Crippen LogP contribution in [0.3, 0.4) is 0 Å². The highest BCUT2D eigenvalue weighted by molar-refractivity contribution is 6.18. The first-order valence-electron chi connectivity index (χ1n) is 12.0. The Morgan fingerprint density at radius 3 is 2.49 bits per heavy atom. The van der Waals surface area contributed by atoms with E-state index in [0.717, 1.165) is 22.1 Å². The number of hydrogen-bond acceptors (Lipinski definition) is 5. The Hall–Kier alpha value is -3.65. The van der Waals surface area contributed by atoms with Gasteiger partial charge in [-0.05, 0) is 49.2 Å². The van der Waals surface area contributed by atoms with Gasteiger partial charge in [0.2, 0.25) is 5.56 Å². The summed E-state index contributed by atoms with van der Waals surface area (Å²) in [5, 5.41) is 8.53. The van der Waals surface area contributed by atoms with E-state index in [9.17, 15) is 9.18 Å². The normalized spacial score (nSPS) is 14.2. The van der Waals surface area contributed by atoms with Gasteiger partial charge in [0.1, 0.15) is 5.65 Å². The fraction of sp³-hybridized carbons (Fsp3) is 0.333. The molecule has 1 fully saturated rings. The number of piperidine rings is 1. The number of alkyl halides is 1. The lowest BCUT2D eigenvalue weighted by molar-refractivity contribution is 0.520. The van der Waals surface area contributed by atoms with Gasteiger partial charge in [-0.2, -0.15) is 5.10 Å². The summed E-state index contributed by atoms with van der Waals surface area (Å²) < 4.78 is 11.2. The van der Waals surface area contributed by atoms with Crippen molar-refractivity contribution >= 4 is 34.5 Å². The molecule has 4 aromatic rings. The highest BCUT2D eigenvalue weighted by Gasteiger charge is 2.13. The third kappa shape index (κ3) is 6.48. The molecule has 3 aromatic heterocycles. The van der Waals surface area contributed by atoms with Crippen LogP contribution in [-0.4, -0.2) is 46.1 Å². The van der Waals surface area contributed by atoms with E-state index < -0.39 is 0 Å². The Morgan fingerprint density at radius 1 is 1.00 bits per heavy atom. The third-order valence-electron chi connectivity index (χ3n) is 5.55. The number of aromatic amines is 1. The second kappa shape index (κ2) is 13.3. The van der Waals surface area contributed by atoms with Crippen LogP contribution < -0.4 is 10.9 Å². The van der Waals surface area contributed by atoms with E-state index in [1.807, 2.05) is 38.4 Å². The Labute approximate surface area is 204 Å². The lowest BCUT2D eigenvalue weighted by Gasteiger charge is -2.08. The Morgan fingerprint density at radius 2 is 1.77 bits per heavy atom. The predicted molar refractivity (Wildman–Crippen MR) is 143 cm³/mol. The molecule has 1 saturated heterocycles. The van der Waals surface area contributed by atoms with Crippen molar-refractivity contribution < 1.29 is 4.39 Å². The molecule has 0 atom stereocenters. The van der Waals surface area contributed by atoms with Gasteiger partial charge in [-0.1, -0.05) is 44.5 Å². The zero-order valence-electron chi connectivity index (χ0n) is 20.6. The van der Waals surface area contributed by atoms with Crippen molar-refractivity contribution in [3.05, 3.63) is 75.8 Å². The summed E-state index contributed by atoms with van der Waals surface area (Å²) in [5.41, 5.74) is 5.22. The largest absolute Gasteiger partial charge is 0.317 e. The maximum atomic E-state index is 11.6. The number of nitrogens with one attached hydrogen (secondary N) is 2. The summed E-state index contributed by atoms with van der Waals surface area (Å²) >= 11 is 0. The van der Waals surface area contributed by atoms with Crippen molar-refractivity contribution in [1.29, 1.82) is 0 Å². The lowest BCUT2D eigenvalue weighted by atomic mass is 10.0. The van der Waals surface area contributed by atoms with Crippen molar-refractivity contribution in [3.63, 3.8) is 0 Å². The van der Waals surface area contributed by atoms with Crippen LogP contribution >= 0.6 is 0 Å². The number of halogens is 1. The van der Waals surface area contributed by atoms with Gasteiger partial charge in [0.25, 0.3) is 0 Å². The van der Waals surface area contributed by atoms with Gasteiger partial charge < -0.3 is 10.3 Å². The highest BCUT2D eigenvalue weighted by Crippen LogP contribution is 2.25. The smallest absolute Gasteiger partial charge is 0.249 e. The van der Waals surface area contributed by atoms with E-state index in [0.29, 0.717) is 25.0 Å². The number of H-pyrrole nitrogens is 1. The van der Waals surface area contributed by atoms with Gasteiger partial charge in [-0.25, -0.2) is 9.50 Å². The molecule has 35 heavy (non-hydrogen) atoms. The minimum atomic E-state index is -0.172. The SMILES string of the molecule is C1CCNCC1.CC.CF.O=c1ccc2cn3ncc(C4=Cc5ccccc5CN=C4)c3nc2[nH]1. The van der Waals surface area contributed by atoms with Crippen molar-refractivity contribution in [2.24, 2.45) is 4.99 Å². The molecule has 0 radical (unpaired) electrons. The van der Waals surface area contributed by atoms with Crippen LogP contribution in [-0.2, 0) is 6.54 Å². The zero-order chi connectivity index (χ0) is 25.0. The minimum absolute atomic E-state index is 0.172. The van der Waals surface area contributed by atoms with Crippen LogP contribution in [0.2, 0.25) is 0 Å². The summed E-state index contributed by atoms with van der Waals surface area (Å²) in [5.74, 6) is 0. The fourth-order valence-corrected chi connectivity index (χ4v) is 3.89. The van der Waals surface area contributed by atoms with Crippen LogP contribution in [0.15, 0.2) is 58.6 Å². The fourth-order valence-electron chi connectivity index (χ4n) is 3.89. The second-order valence-electron chi connectivity index (χ2n) is 7.77. The highest BCUT2D eigenvalue weighted by atomic mass is 19.1. The van der Waals surface area contributed by atoms with Crippen molar-refractivity contribution in [1.82, 2.24) is 24.9 Å². The molecule has 0 unspecified atom stereocenters. The molecule has 5 heterocycles. The standard InChI is InChI=1S/C19H13N5O.C5H11N.C2H6.CH3F/c25-17-6-5-14-11-24-19(23-18(14)22-17)16(10-21-24)15-7-12-3-1-2-4-13(12)8-20-9-15;1-2-4-6-5-3-1;2*1-2/h1-7,9-11H,8H2,(H,22,23,25);6H,1-5H2;1-2H3;1H3. The first kappa shape index (κ1) is 26.0. The average Bonchev–Trinajstić information content (AvgIpc) is 3.21. The van der Waals surface area contributed by atoms with Crippen molar-refractivity contribution in [3.8, 4) is 0 Å². The molecule has 8 heteroatoms. The van der Waals surface area contributed by atoms with Crippen molar-refractivity contribution in [2.45, 2.75) is 39.7 Å². The minimum Gasteiger partial charge on any atom is -0.317 e. The Balaban J connectivity index is 0.000000293. The summed E-state index contributed by atoms with van der Waals surface area (Å²) in [6.45, 7) is 7.15. The van der Waals surface area contributed by atoms with Crippen molar-refractivity contribution in [2.75, 3.05) is 20.3 Å². The number of benzene rings is 1. The molecule has 0 aliphatic carbocycles. The summed E-state index contributed by atoms with van der Waals surface area (Å²) in [6, 6.07) is 11.4. The molecule has 2 aliphatic heterocycles. The predicted octanol–water partition coefficient (Wildman–Crippen LogP) is 5.07. The number of aliphatic imine (C=N–C) groups is 1. The first-order valence-corrected chi connectivity index (χ1v) is 12.0. The van der Waals surface area contributed by atoms with Crippen LogP contribution in [0.4, 0.5) is 4.39 Å². The first-order chi connectivity index (χ1) is 17.3. The second-order valence-corrected chi connectivity index (χ2v) is 7.77. The average molecular weight is 477 g/mol. The number of aromatic nitrogens is 4. The number of hydrogen-bond donors (Lipinski definition) is 2. The number of pyridine rings is 1. The van der Waals surface area contributed by atoms with Crippen LogP contribution in [0.25, 0.3) is 28.3 Å². The maximum Gasteiger partial charge on any atom is 0.249 e. The molecule has 184 valence electrons. The molecule has 0 amide bonds. The van der Waals surface area contributed by atoms with Gasteiger partial charge in [-0.15, -0.1) is 0 Å². The molecular weight excluding hydrogens is 443 g/mol. The summed E-state index contributed by atoms with van der Waals surface area (Å²) in [4.78, 5) is 23.5. The van der Waals surface area contributed by atoms with E-state index in [1.54, 1.807) is 16.8 Å². The molecule has 1 aromatic carbocycles. The zero-order valence-corrected chi connectivity index (χ0v) is 20.6. The molecular formula is C27H33FN6O. The molecule has 0 spiro atoms.